The highest BCUT2D eigenvalue weighted by Gasteiger charge is 2.11. The van der Waals surface area contributed by atoms with Crippen LogP contribution < -0.4 is 4.74 Å². The minimum Gasteiger partial charge on any atom is -0.493 e. The van der Waals surface area contributed by atoms with Crippen LogP contribution in [0.5, 0.6) is 5.75 Å². The molecule has 1 rings (SSSR count). The maximum Gasteiger partial charge on any atom is 0.163 e. The van der Waals surface area contributed by atoms with Gasteiger partial charge in [-0.05, 0) is 37.5 Å². The number of Topliss-reactive ketones (excluding diaryl/α,β-unsaturated/α-hetero) is 1. The van der Waals surface area contributed by atoms with Crippen molar-refractivity contribution in [1.82, 2.24) is 0 Å². The van der Waals surface area contributed by atoms with Gasteiger partial charge in [-0.1, -0.05) is 20.3 Å². The van der Waals surface area contributed by atoms with Crippen LogP contribution in [0.3, 0.4) is 0 Å². The summed E-state index contributed by atoms with van der Waals surface area (Å²) in [5, 5.41) is 0. The van der Waals surface area contributed by atoms with E-state index in [1.165, 1.54) is 25.1 Å². The van der Waals surface area contributed by atoms with Crippen LogP contribution in [0.15, 0.2) is 18.2 Å². The monoisotopic (exact) mass is 238 g/mol. The Labute approximate surface area is 102 Å². The molecule has 0 aromatic heterocycles. The first kappa shape index (κ1) is 13.7. The van der Waals surface area contributed by atoms with E-state index in [2.05, 4.69) is 13.8 Å². The minimum atomic E-state index is -0.413. The fourth-order valence-electron chi connectivity index (χ4n) is 1.71. The topological polar surface area (TPSA) is 26.3 Å². The van der Waals surface area contributed by atoms with Gasteiger partial charge in [-0.2, -0.15) is 0 Å². The Morgan fingerprint density at radius 2 is 2.18 bits per heavy atom. The van der Waals surface area contributed by atoms with Gasteiger partial charge in [0.15, 0.2) is 5.78 Å². The normalized spacial score (nSPS) is 12.2. The number of hydrogen-bond donors (Lipinski definition) is 0. The largest absolute Gasteiger partial charge is 0.493 e. The lowest BCUT2D eigenvalue weighted by Crippen LogP contribution is -2.10. The third-order valence-corrected chi connectivity index (χ3v) is 2.63. The van der Waals surface area contributed by atoms with Crippen molar-refractivity contribution in [1.29, 1.82) is 0 Å². The van der Waals surface area contributed by atoms with Gasteiger partial charge >= 0.3 is 0 Å². The van der Waals surface area contributed by atoms with Gasteiger partial charge in [-0.25, -0.2) is 4.39 Å². The highest BCUT2D eigenvalue weighted by Crippen LogP contribution is 2.21. The number of ether oxygens (including phenoxy) is 1. The van der Waals surface area contributed by atoms with Crippen molar-refractivity contribution in [2.45, 2.75) is 33.6 Å². The molecule has 0 spiro atoms. The summed E-state index contributed by atoms with van der Waals surface area (Å²) >= 11 is 0. The van der Waals surface area contributed by atoms with Gasteiger partial charge in [0.2, 0.25) is 0 Å². The molecule has 0 aliphatic heterocycles. The van der Waals surface area contributed by atoms with Crippen molar-refractivity contribution in [3.63, 3.8) is 0 Å². The molecule has 0 saturated carbocycles. The highest BCUT2D eigenvalue weighted by molar-refractivity contribution is 5.96. The fourth-order valence-corrected chi connectivity index (χ4v) is 1.71. The smallest absolute Gasteiger partial charge is 0.163 e. The lowest BCUT2D eigenvalue weighted by Gasteiger charge is -2.14. The maximum atomic E-state index is 13.0. The SMILES string of the molecule is CCCC(C)COc1ccc(F)cc1C(C)=O. The van der Waals surface area contributed by atoms with Gasteiger partial charge < -0.3 is 4.74 Å². The van der Waals surface area contributed by atoms with E-state index in [0.29, 0.717) is 23.8 Å². The third kappa shape index (κ3) is 4.17. The van der Waals surface area contributed by atoms with E-state index < -0.39 is 5.82 Å². The Bertz CT molecular complexity index is 388. The molecular weight excluding hydrogens is 219 g/mol. The molecule has 0 fully saturated rings. The Morgan fingerprint density at radius 1 is 1.47 bits per heavy atom. The second-order valence-corrected chi connectivity index (χ2v) is 4.40. The molecule has 3 heteroatoms. The molecule has 0 amide bonds. The molecule has 1 atom stereocenters. The van der Waals surface area contributed by atoms with Gasteiger partial charge in [-0.15, -0.1) is 0 Å². The highest BCUT2D eigenvalue weighted by atomic mass is 19.1. The molecular formula is C14H19FO2. The zero-order valence-electron chi connectivity index (χ0n) is 10.6. The Kier molecular flexibility index (Phi) is 5.13. The van der Waals surface area contributed by atoms with Crippen molar-refractivity contribution >= 4 is 5.78 Å². The zero-order valence-corrected chi connectivity index (χ0v) is 10.6. The quantitative estimate of drug-likeness (QED) is 0.704. The predicted molar refractivity (Wildman–Crippen MR) is 66.0 cm³/mol. The fraction of sp³-hybridized carbons (Fsp3) is 0.500. The summed E-state index contributed by atoms with van der Waals surface area (Å²) in [7, 11) is 0. The summed E-state index contributed by atoms with van der Waals surface area (Å²) in [5.74, 6) is 0.318. The van der Waals surface area contributed by atoms with Crippen molar-refractivity contribution in [3.8, 4) is 5.75 Å². The second-order valence-electron chi connectivity index (χ2n) is 4.40. The van der Waals surface area contributed by atoms with Crippen LogP contribution >= 0.6 is 0 Å². The zero-order chi connectivity index (χ0) is 12.8. The summed E-state index contributed by atoms with van der Waals surface area (Å²) in [6.07, 6.45) is 2.18. The molecule has 0 aliphatic rings. The Morgan fingerprint density at radius 3 is 2.76 bits per heavy atom. The first-order chi connectivity index (χ1) is 8.04. The molecule has 1 unspecified atom stereocenters. The van der Waals surface area contributed by atoms with Crippen molar-refractivity contribution in [3.05, 3.63) is 29.6 Å². The number of ketones is 1. The first-order valence-electron chi connectivity index (χ1n) is 5.97. The number of carbonyl (C=O) groups excluding carboxylic acids is 1. The average molecular weight is 238 g/mol. The van der Waals surface area contributed by atoms with Crippen molar-refractivity contribution < 1.29 is 13.9 Å². The van der Waals surface area contributed by atoms with Crippen LogP contribution in [0, 0.1) is 11.7 Å². The second kappa shape index (κ2) is 6.38. The molecule has 1 aromatic carbocycles. The number of halogens is 1. The van der Waals surface area contributed by atoms with Crippen LogP contribution in [0.4, 0.5) is 4.39 Å². The van der Waals surface area contributed by atoms with E-state index in [9.17, 15) is 9.18 Å². The Balaban J connectivity index is 2.73. The van der Waals surface area contributed by atoms with Crippen LogP contribution in [0.2, 0.25) is 0 Å². The van der Waals surface area contributed by atoms with E-state index in [1.54, 1.807) is 0 Å². The molecule has 0 bridgehead atoms. The van der Waals surface area contributed by atoms with Crippen LogP contribution in [-0.2, 0) is 0 Å². The average Bonchev–Trinajstić information content (AvgIpc) is 2.27. The molecule has 2 nitrogen and oxygen atoms in total. The summed E-state index contributed by atoms with van der Waals surface area (Å²) < 4.78 is 18.6. The molecule has 0 heterocycles. The van der Waals surface area contributed by atoms with Crippen molar-refractivity contribution in [2.24, 2.45) is 5.92 Å². The van der Waals surface area contributed by atoms with E-state index in [4.69, 9.17) is 4.74 Å². The van der Waals surface area contributed by atoms with Crippen LogP contribution in [0.1, 0.15) is 44.0 Å². The summed E-state index contributed by atoms with van der Waals surface area (Å²) in [5.41, 5.74) is 0.314. The van der Waals surface area contributed by atoms with Gasteiger partial charge in [0.05, 0.1) is 12.2 Å². The Hall–Kier alpha value is -1.38. The lowest BCUT2D eigenvalue weighted by atomic mass is 10.1. The lowest BCUT2D eigenvalue weighted by molar-refractivity contribution is 0.101. The first-order valence-corrected chi connectivity index (χ1v) is 5.97. The summed E-state index contributed by atoms with van der Waals surface area (Å²) in [6, 6.07) is 4.05. The molecule has 0 saturated heterocycles. The third-order valence-electron chi connectivity index (χ3n) is 2.63. The molecule has 1 aromatic rings. The maximum absolute atomic E-state index is 13.0. The number of benzene rings is 1. The number of hydrogen-bond acceptors (Lipinski definition) is 2. The standard InChI is InChI=1S/C14H19FO2/c1-4-5-10(2)9-17-14-7-6-12(15)8-13(14)11(3)16/h6-8,10H,4-5,9H2,1-3H3. The van der Waals surface area contributed by atoms with E-state index >= 15 is 0 Å². The van der Waals surface area contributed by atoms with Crippen LogP contribution in [-0.4, -0.2) is 12.4 Å². The minimum absolute atomic E-state index is 0.178. The molecule has 0 aliphatic carbocycles. The number of rotatable bonds is 6. The van der Waals surface area contributed by atoms with E-state index in [0.717, 1.165) is 12.8 Å². The summed E-state index contributed by atoms with van der Waals surface area (Å²) in [6.45, 7) is 6.19. The van der Waals surface area contributed by atoms with Crippen LogP contribution in [0.25, 0.3) is 0 Å². The predicted octanol–water partition coefficient (Wildman–Crippen LogP) is 3.84. The van der Waals surface area contributed by atoms with Gasteiger partial charge in [0, 0.05) is 0 Å². The van der Waals surface area contributed by atoms with E-state index in [-0.39, 0.29) is 5.78 Å². The molecule has 17 heavy (non-hydrogen) atoms. The van der Waals surface area contributed by atoms with Gasteiger partial charge in [0.1, 0.15) is 11.6 Å². The number of carbonyl (C=O) groups is 1. The van der Waals surface area contributed by atoms with Gasteiger partial charge in [-0.3, -0.25) is 4.79 Å². The molecule has 94 valence electrons. The van der Waals surface area contributed by atoms with E-state index in [1.807, 2.05) is 0 Å². The molecule has 0 radical (unpaired) electrons. The van der Waals surface area contributed by atoms with Crippen molar-refractivity contribution in [2.75, 3.05) is 6.61 Å². The molecule has 0 N–H and O–H groups in total. The summed E-state index contributed by atoms with van der Waals surface area (Å²) in [4.78, 5) is 11.3. The van der Waals surface area contributed by atoms with Gasteiger partial charge in [0.25, 0.3) is 0 Å².